The number of amides is 1. The molecule has 0 aliphatic rings. The van der Waals surface area contributed by atoms with E-state index >= 15 is 0 Å². The molecule has 0 aliphatic carbocycles. The second-order valence-corrected chi connectivity index (χ2v) is 6.13. The number of ether oxygens (including phenoxy) is 3. The van der Waals surface area contributed by atoms with Crippen molar-refractivity contribution in [1.29, 1.82) is 0 Å². The van der Waals surface area contributed by atoms with Gasteiger partial charge in [-0.1, -0.05) is 18.2 Å². The number of benzene rings is 2. The van der Waals surface area contributed by atoms with Gasteiger partial charge in [-0.2, -0.15) is 0 Å². The van der Waals surface area contributed by atoms with Gasteiger partial charge in [-0.15, -0.1) is 0 Å². The standard InChI is InChI=1S/C22H21NO6/c1-15(21(24)23-16-8-10-17(26-2)11-9-16)28-22(25)20-13-12-19(29-20)14-27-18-6-4-3-5-7-18/h3-13,15H,14H2,1-2H3,(H,23,24)/t15-/m1/s1. The second kappa shape index (κ2) is 9.45. The lowest BCUT2D eigenvalue weighted by Gasteiger charge is -2.13. The molecule has 0 unspecified atom stereocenters. The van der Waals surface area contributed by atoms with Crippen LogP contribution in [0.3, 0.4) is 0 Å². The van der Waals surface area contributed by atoms with Gasteiger partial charge in [0, 0.05) is 5.69 Å². The Morgan fingerprint density at radius 2 is 1.69 bits per heavy atom. The number of furan rings is 1. The maximum atomic E-state index is 12.2. The smallest absolute Gasteiger partial charge is 0.375 e. The Labute approximate surface area is 168 Å². The molecule has 2 aromatic carbocycles. The first-order chi connectivity index (χ1) is 14.0. The maximum Gasteiger partial charge on any atom is 0.375 e. The number of carbonyl (C=O) groups is 2. The Hall–Kier alpha value is -3.74. The average Bonchev–Trinajstić information content (AvgIpc) is 3.23. The van der Waals surface area contributed by atoms with Gasteiger partial charge in [-0.05, 0) is 55.5 Å². The van der Waals surface area contributed by atoms with Crippen molar-refractivity contribution in [2.75, 3.05) is 12.4 Å². The summed E-state index contributed by atoms with van der Waals surface area (Å²) in [6.07, 6.45) is -1.00. The van der Waals surface area contributed by atoms with E-state index in [1.54, 1.807) is 37.4 Å². The van der Waals surface area contributed by atoms with Crippen LogP contribution in [-0.4, -0.2) is 25.1 Å². The topological polar surface area (TPSA) is 87.0 Å². The molecule has 29 heavy (non-hydrogen) atoms. The van der Waals surface area contributed by atoms with Gasteiger partial charge in [0.25, 0.3) is 5.91 Å². The minimum Gasteiger partial charge on any atom is -0.497 e. The van der Waals surface area contributed by atoms with Crippen LogP contribution in [0.15, 0.2) is 71.1 Å². The lowest BCUT2D eigenvalue weighted by molar-refractivity contribution is -0.123. The number of methoxy groups -OCH3 is 1. The van der Waals surface area contributed by atoms with Crippen LogP contribution < -0.4 is 14.8 Å². The Morgan fingerprint density at radius 1 is 0.966 bits per heavy atom. The quantitative estimate of drug-likeness (QED) is 0.579. The second-order valence-electron chi connectivity index (χ2n) is 6.13. The first-order valence-electron chi connectivity index (χ1n) is 8.97. The number of rotatable bonds is 8. The normalized spacial score (nSPS) is 11.4. The molecule has 0 fully saturated rings. The van der Waals surface area contributed by atoms with Gasteiger partial charge in [0.05, 0.1) is 7.11 Å². The minimum absolute atomic E-state index is 0.000703. The van der Waals surface area contributed by atoms with Crippen molar-refractivity contribution in [3.8, 4) is 11.5 Å². The molecule has 1 atom stereocenters. The van der Waals surface area contributed by atoms with Crippen molar-refractivity contribution >= 4 is 17.6 Å². The molecule has 0 bridgehead atoms. The summed E-state index contributed by atoms with van der Waals surface area (Å²) in [5.74, 6) is 0.650. The molecule has 0 saturated heterocycles. The molecular formula is C22H21NO6. The summed E-state index contributed by atoms with van der Waals surface area (Å²) in [5.41, 5.74) is 0.567. The zero-order chi connectivity index (χ0) is 20.6. The number of hydrogen-bond acceptors (Lipinski definition) is 6. The van der Waals surface area contributed by atoms with Gasteiger partial charge < -0.3 is 23.9 Å². The van der Waals surface area contributed by atoms with Crippen LogP contribution in [0, 0.1) is 0 Å². The molecule has 0 aliphatic heterocycles. The third kappa shape index (κ3) is 5.62. The number of anilines is 1. The Balaban J connectivity index is 1.51. The summed E-state index contributed by atoms with van der Waals surface area (Å²) in [7, 11) is 1.56. The zero-order valence-corrected chi connectivity index (χ0v) is 16.1. The van der Waals surface area contributed by atoms with E-state index in [2.05, 4.69) is 5.32 Å². The Kier molecular flexibility index (Phi) is 6.52. The molecule has 3 rings (SSSR count). The molecule has 7 heteroatoms. The highest BCUT2D eigenvalue weighted by atomic mass is 16.6. The number of hydrogen-bond donors (Lipinski definition) is 1. The SMILES string of the molecule is COc1ccc(NC(=O)[C@@H](C)OC(=O)c2ccc(COc3ccccc3)o2)cc1. The van der Waals surface area contributed by atoms with E-state index in [9.17, 15) is 9.59 Å². The van der Waals surface area contributed by atoms with Gasteiger partial charge in [-0.25, -0.2) is 4.79 Å². The van der Waals surface area contributed by atoms with E-state index in [-0.39, 0.29) is 12.4 Å². The van der Waals surface area contributed by atoms with Crippen LogP contribution in [0.4, 0.5) is 5.69 Å². The van der Waals surface area contributed by atoms with Crippen molar-refractivity contribution in [3.05, 3.63) is 78.3 Å². The molecule has 1 amide bonds. The van der Waals surface area contributed by atoms with Crippen LogP contribution in [0.1, 0.15) is 23.2 Å². The minimum atomic E-state index is -1.00. The van der Waals surface area contributed by atoms with Crippen molar-refractivity contribution in [3.63, 3.8) is 0 Å². The van der Waals surface area contributed by atoms with Gasteiger partial charge >= 0.3 is 5.97 Å². The zero-order valence-electron chi connectivity index (χ0n) is 16.1. The van der Waals surface area contributed by atoms with Crippen molar-refractivity contribution in [2.45, 2.75) is 19.6 Å². The van der Waals surface area contributed by atoms with Crippen LogP contribution >= 0.6 is 0 Å². The van der Waals surface area contributed by atoms with E-state index in [4.69, 9.17) is 18.6 Å². The molecule has 1 N–H and O–H groups in total. The van der Waals surface area contributed by atoms with E-state index < -0.39 is 18.0 Å². The van der Waals surface area contributed by atoms with Crippen LogP contribution in [0.5, 0.6) is 11.5 Å². The molecule has 0 spiro atoms. The van der Waals surface area contributed by atoms with Crippen LogP contribution in [-0.2, 0) is 16.1 Å². The lowest BCUT2D eigenvalue weighted by Crippen LogP contribution is -2.29. The van der Waals surface area contributed by atoms with E-state index in [1.165, 1.54) is 13.0 Å². The van der Waals surface area contributed by atoms with E-state index in [0.29, 0.717) is 22.9 Å². The fourth-order valence-electron chi connectivity index (χ4n) is 2.43. The third-order valence-electron chi connectivity index (χ3n) is 4.00. The van der Waals surface area contributed by atoms with Gasteiger partial charge in [0.15, 0.2) is 6.10 Å². The van der Waals surface area contributed by atoms with E-state index in [0.717, 1.165) is 0 Å². The highest BCUT2D eigenvalue weighted by Gasteiger charge is 2.21. The molecule has 3 aromatic rings. The van der Waals surface area contributed by atoms with E-state index in [1.807, 2.05) is 30.3 Å². The largest absolute Gasteiger partial charge is 0.497 e. The predicted octanol–water partition coefficient (Wildman–Crippen LogP) is 4.05. The Bertz CT molecular complexity index is 949. The number of para-hydroxylation sites is 1. The van der Waals surface area contributed by atoms with Crippen LogP contribution in [0.25, 0.3) is 0 Å². The molecule has 7 nitrogen and oxygen atoms in total. The summed E-state index contributed by atoms with van der Waals surface area (Å²) in [4.78, 5) is 24.5. The summed E-state index contributed by atoms with van der Waals surface area (Å²) in [6, 6.07) is 19.2. The first kappa shape index (κ1) is 20.0. The van der Waals surface area contributed by atoms with Gasteiger partial charge in [0.2, 0.25) is 5.76 Å². The lowest BCUT2D eigenvalue weighted by atomic mass is 10.3. The molecule has 0 saturated carbocycles. The predicted molar refractivity (Wildman–Crippen MR) is 106 cm³/mol. The van der Waals surface area contributed by atoms with Gasteiger partial charge in [-0.3, -0.25) is 4.79 Å². The molecule has 0 radical (unpaired) electrons. The van der Waals surface area contributed by atoms with Crippen LogP contribution in [0.2, 0.25) is 0 Å². The summed E-state index contributed by atoms with van der Waals surface area (Å²) >= 11 is 0. The number of nitrogens with one attached hydrogen (secondary N) is 1. The molecule has 1 heterocycles. The van der Waals surface area contributed by atoms with Gasteiger partial charge in [0.1, 0.15) is 23.9 Å². The monoisotopic (exact) mass is 395 g/mol. The van der Waals surface area contributed by atoms with Crippen molar-refractivity contribution in [1.82, 2.24) is 0 Å². The summed E-state index contributed by atoms with van der Waals surface area (Å²) in [5, 5.41) is 2.67. The fourth-order valence-corrected chi connectivity index (χ4v) is 2.43. The number of esters is 1. The first-order valence-corrected chi connectivity index (χ1v) is 8.97. The molecular weight excluding hydrogens is 374 g/mol. The summed E-state index contributed by atoms with van der Waals surface area (Å²) < 4.78 is 21.3. The van der Waals surface area contributed by atoms with Crippen molar-refractivity contribution < 1.29 is 28.2 Å². The number of carbonyl (C=O) groups excluding carboxylic acids is 2. The fraction of sp³-hybridized carbons (Fsp3) is 0.182. The Morgan fingerprint density at radius 3 is 2.38 bits per heavy atom. The average molecular weight is 395 g/mol. The molecule has 150 valence electrons. The van der Waals surface area contributed by atoms with Crippen molar-refractivity contribution in [2.24, 2.45) is 0 Å². The summed E-state index contributed by atoms with van der Waals surface area (Å²) in [6.45, 7) is 1.66. The highest BCUT2D eigenvalue weighted by molar-refractivity contribution is 5.96. The highest BCUT2D eigenvalue weighted by Crippen LogP contribution is 2.17. The third-order valence-corrected chi connectivity index (χ3v) is 4.00. The maximum absolute atomic E-state index is 12.2. The molecule has 1 aromatic heterocycles.